The Kier molecular flexibility index (Phi) is 6.74. The maximum absolute atomic E-state index is 13.5. The Labute approximate surface area is 199 Å². The van der Waals surface area contributed by atoms with E-state index in [1.54, 1.807) is 19.2 Å². The smallest absolute Gasteiger partial charge is 0.339 e. The molecule has 2 aromatic carbocycles. The van der Waals surface area contributed by atoms with Crippen molar-refractivity contribution in [2.75, 3.05) is 13.1 Å². The molecule has 4 rings (SSSR count). The second kappa shape index (κ2) is 9.29. The standard InChI is InChI=1S/C22H21ClF4N4O2S/c1-30-12-21(29-13-30)34(32,33)31-10-17(15-3-5-16(24)6-4-15)20(11-31)28-9-14-2-7-18(19(23)8-14)22(25,26)27/h2-8,12-13,17,20,28H,9-11H2,1H3/t17-,20+/m1/s1. The van der Waals surface area contributed by atoms with Crippen LogP contribution in [0.5, 0.6) is 0 Å². The lowest BCUT2D eigenvalue weighted by Gasteiger charge is -2.20. The zero-order valence-corrected chi connectivity index (χ0v) is 19.5. The quantitative estimate of drug-likeness (QED) is 0.499. The van der Waals surface area contributed by atoms with E-state index in [-0.39, 0.29) is 36.6 Å². The average Bonchev–Trinajstić information content (AvgIpc) is 3.39. The molecule has 0 bridgehead atoms. The third-order valence-corrected chi connectivity index (χ3v) is 7.81. The van der Waals surface area contributed by atoms with E-state index in [4.69, 9.17) is 11.6 Å². The van der Waals surface area contributed by atoms with Crippen molar-refractivity contribution in [3.8, 4) is 0 Å². The van der Waals surface area contributed by atoms with Gasteiger partial charge in [0, 0.05) is 44.8 Å². The first-order chi connectivity index (χ1) is 15.9. The molecule has 0 unspecified atom stereocenters. The van der Waals surface area contributed by atoms with Crippen molar-refractivity contribution in [3.05, 3.63) is 82.5 Å². The molecule has 0 spiro atoms. The molecule has 1 aromatic heterocycles. The Balaban J connectivity index is 1.57. The summed E-state index contributed by atoms with van der Waals surface area (Å²) in [5.74, 6) is -0.729. The van der Waals surface area contributed by atoms with Gasteiger partial charge in [-0.05, 0) is 35.4 Å². The maximum atomic E-state index is 13.5. The molecule has 1 saturated heterocycles. The molecular weight excluding hydrogens is 496 g/mol. The van der Waals surface area contributed by atoms with Gasteiger partial charge in [-0.2, -0.15) is 17.5 Å². The number of aromatic nitrogens is 2. The average molecular weight is 517 g/mol. The van der Waals surface area contributed by atoms with Crippen LogP contribution in [0.3, 0.4) is 0 Å². The molecule has 6 nitrogen and oxygen atoms in total. The van der Waals surface area contributed by atoms with Crippen molar-refractivity contribution < 1.29 is 26.0 Å². The van der Waals surface area contributed by atoms with Crippen LogP contribution in [0.4, 0.5) is 17.6 Å². The largest absolute Gasteiger partial charge is 0.417 e. The lowest BCUT2D eigenvalue weighted by atomic mass is 9.94. The number of nitrogens with zero attached hydrogens (tertiary/aromatic N) is 3. The fourth-order valence-corrected chi connectivity index (χ4v) is 5.79. The van der Waals surface area contributed by atoms with Gasteiger partial charge in [0.1, 0.15) is 5.82 Å². The molecular formula is C22H21ClF4N4O2S. The molecule has 0 amide bonds. The highest BCUT2D eigenvalue weighted by Crippen LogP contribution is 2.35. The van der Waals surface area contributed by atoms with E-state index in [9.17, 15) is 26.0 Å². The molecule has 0 radical (unpaired) electrons. The fourth-order valence-electron chi connectivity index (χ4n) is 4.02. The van der Waals surface area contributed by atoms with Gasteiger partial charge in [-0.1, -0.05) is 29.8 Å². The second-order valence-corrected chi connectivity index (χ2v) is 10.4. The van der Waals surface area contributed by atoms with Crippen LogP contribution in [0.15, 0.2) is 60.0 Å². The molecule has 1 fully saturated rings. The monoisotopic (exact) mass is 516 g/mol. The van der Waals surface area contributed by atoms with Crippen LogP contribution in [0.25, 0.3) is 0 Å². The summed E-state index contributed by atoms with van der Waals surface area (Å²) in [7, 11) is -2.21. The molecule has 2 atom stereocenters. The number of halogens is 5. The Morgan fingerprint density at radius 1 is 1.15 bits per heavy atom. The SMILES string of the molecule is Cn1cnc(S(=O)(=O)N2C[C@H](NCc3ccc(C(F)(F)F)c(Cl)c3)[C@@H](c3ccc(F)cc3)C2)c1. The number of sulfonamides is 1. The fraction of sp³-hybridized carbons (Fsp3) is 0.318. The van der Waals surface area contributed by atoms with Crippen molar-refractivity contribution in [2.45, 2.75) is 29.7 Å². The van der Waals surface area contributed by atoms with E-state index in [2.05, 4.69) is 10.3 Å². The van der Waals surface area contributed by atoms with Crippen LogP contribution < -0.4 is 5.32 Å². The Morgan fingerprint density at radius 2 is 1.85 bits per heavy atom. The van der Waals surface area contributed by atoms with E-state index in [0.717, 1.165) is 11.6 Å². The van der Waals surface area contributed by atoms with Gasteiger partial charge in [-0.3, -0.25) is 0 Å². The molecule has 12 heteroatoms. The molecule has 0 aliphatic carbocycles. The number of hydrogen-bond donors (Lipinski definition) is 1. The lowest BCUT2D eigenvalue weighted by Crippen LogP contribution is -2.36. The van der Waals surface area contributed by atoms with Crippen molar-refractivity contribution >= 4 is 21.6 Å². The van der Waals surface area contributed by atoms with Gasteiger partial charge in [0.2, 0.25) is 0 Å². The van der Waals surface area contributed by atoms with Crippen LogP contribution in [0.2, 0.25) is 5.02 Å². The second-order valence-electron chi connectivity index (χ2n) is 8.16. The van der Waals surface area contributed by atoms with E-state index in [1.807, 2.05) is 0 Å². The van der Waals surface area contributed by atoms with Gasteiger partial charge >= 0.3 is 6.18 Å². The Bertz CT molecular complexity index is 1280. The normalized spacial score (nSPS) is 19.6. The molecule has 2 heterocycles. The summed E-state index contributed by atoms with van der Waals surface area (Å²) in [5.41, 5.74) is 0.334. The maximum Gasteiger partial charge on any atom is 0.417 e. The van der Waals surface area contributed by atoms with Crippen LogP contribution in [-0.4, -0.2) is 41.4 Å². The predicted octanol–water partition coefficient (Wildman–Crippen LogP) is 4.18. The molecule has 0 saturated carbocycles. The molecule has 34 heavy (non-hydrogen) atoms. The molecule has 3 aromatic rings. The Hall–Kier alpha value is -2.47. The first-order valence-corrected chi connectivity index (χ1v) is 12.1. The summed E-state index contributed by atoms with van der Waals surface area (Å²) in [6, 6.07) is 8.90. The molecule has 1 aliphatic rings. The van der Waals surface area contributed by atoms with Gasteiger partial charge in [0.15, 0.2) is 5.03 Å². The van der Waals surface area contributed by atoms with Crippen molar-refractivity contribution in [1.29, 1.82) is 0 Å². The van der Waals surface area contributed by atoms with Gasteiger partial charge in [-0.25, -0.2) is 17.8 Å². The lowest BCUT2D eigenvalue weighted by molar-refractivity contribution is -0.137. The van der Waals surface area contributed by atoms with Gasteiger partial charge in [0.25, 0.3) is 10.0 Å². The summed E-state index contributed by atoms with van der Waals surface area (Å²) < 4.78 is 81.5. The molecule has 182 valence electrons. The minimum atomic E-state index is -4.55. The van der Waals surface area contributed by atoms with E-state index in [0.29, 0.717) is 5.56 Å². The summed E-state index contributed by atoms with van der Waals surface area (Å²) in [6.07, 6.45) is -1.75. The summed E-state index contributed by atoms with van der Waals surface area (Å²) in [6.45, 7) is 0.406. The zero-order chi connectivity index (χ0) is 24.7. The van der Waals surface area contributed by atoms with Crippen molar-refractivity contribution in [3.63, 3.8) is 0 Å². The third kappa shape index (κ3) is 5.12. The third-order valence-electron chi connectivity index (χ3n) is 5.78. The number of hydrogen-bond acceptors (Lipinski definition) is 4. The van der Waals surface area contributed by atoms with E-state index < -0.39 is 32.6 Å². The summed E-state index contributed by atoms with van der Waals surface area (Å²) >= 11 is 5.82. The number of benzene rings is 2. The summed E-state index contributed by atoms with van der Waals surface area (Å²) in [5, 5.41) is 2.75. The van der Waals surface area contributed by atoms with Crippen molar-refractivity contribution in [1.82, 2.24) is 19.2 Å². The Morgan fingerprint density at radius 3 is 2.44 bits per heavy atom. The highest BCUT2D eigenvalue weighted by molar-refractivity contribution is 7.89. The number of imidazole rings is 1. The highest BCUT2D eigenvalue weighted by atomic mass is 35.5. The van der Waals surface area contributed by atoms with Crippen molar-refractivity contribution in [2.24, 2.45) is 7.05 Å². The van der Waals surface area contributed by atoms with Crippen LogP contribution >= 0.6 is 11.6 Å². The topological polar surface area (TPSA) is 67.2 Å². The summed E-state index contributed by atoms with van der Waals surface area (Å²) in [4.78, 5) is 3.95. The van der Waals surface area contributed by atoms with Crippen LogP contribution in [0, 0.1) is 5.82 Å². The van der Waals surface area contributed by atoms with Gasteiger partial charge in [-0.15, -0.1) is 0 Å². The predicted molar refractivity (Wildman–Crippen MR) is 118 cm³/mol. The van der Waals surface area contributed by atoms with E-state index >= 15 is 0 Å². The minimum absolute atomic E-state index is 0.0805. The van der Waals surface area contributed by atoms with Gasteiger partial charge < -0.3 is 9.88 Å². The first-order valence-electron chi connectivity index (χ1n) is 10.3. The molecule has 1 N–H and O–H groups in total. The zero-order valence-electron chi connectivity index (χ0n) is 17.9. The highest BCUT2D eigenvalue weighted by Gasteiger charge is 2.41. The minimum Gasteiger partial charge on any atom is -0.339 e. The molecule has 1 aliphatic heterocycles. The first kappa shape index (κ1) is 24.6. The van der Waals surface area contributed by atoms with Crippen LogP contribution in [-0.2, 0) is 29.8 Å². The number of aryl methyl sites for hydroxylation is 1. The number of nitrogens with one attached hydrogen (secondary N) is 1. The van der Waals surface area contributed by atoms with Crippen LogP contribution in [0.1, 0.15) is 22.6 Å². The number of rotatable bonds is 6. The number of alkyl halides is 3. The van der Waals surface area contributed by atoms with Gasteiger partial charge in [0.05, 0.1) is 16.9 Å². The van der Waals surface area contributed by atoms with E-state index in [1.165, 1.54) is 45.7 Å².